The van der Waals surface area contributed by atoms with Crippen molar-refractivity contribution in [2.45, 2.75) is 39.8 Å². The Balaban J connectivity index is 2.51. The SMILES string of the molecule is CC(C)CNC(=O)C(C)NC(C)c1cccc(Br)c1. The first-order valence-corrected chi connectivity index (χ1v) is 7.48. The molecule has 19 heavy (non-hydrogen) atoms. The number of nitrogens with one attached hydrogen (secondary N) is 2. The van der Waals surface area contributed by atoms with Crippen molar-refractivity contribution in [1.82, 2.24) is 10.6 Å². The van der Waals surface area contributed by atoms with E-state index in [0.717, 1.165) is 16.6 Å². The van der Waals surface area contributed by atoms with Gasteiger partial charge < -0.3 is 5.32 Å². The number of carbonyl (C=O) groups is 1. The molecule has 0 spiro atoms. The largest absolute Gasteiger partial charge is 0.354 e. The minimum Gasteiger partial charge on any atom is -0.354 e. The van der Waals surface area contributed by atoms with Gasteiger partial charge in [-0.2, -0.15) is 0 Å². The molecule has 0 aromatic heterocycles. The number of hydrogen-bond acceptors (Lipinski definition) is 2. The second-order valence-corrected chi connectivity index (χ2v) is 6.22. The van der Waals surface area contributed by atoms with Crippen molar-refractivity contribution in [3.8, 4) is 0 Å². The summed E-state index contributed by atoms with van der Waals surface area (Å²) in [6.45, 7) is 8.85. The Hall–Kier alpha value is -0.870. The Morgan fingerprint density at radius 2 is 1.95 bits per heavy atom. The topological polar surface area (TPSA) is 41.1 Å². The second kappa shape index (κ2) is 7.65. The van der Waals surface area contributed by atoms with E-state index < -0.39 is 0 Å². The standard InChI is InChI=1S/C15H23BrN2O/c1-10(2)9-17-15(19)12(4)18-11(3)13-6-5-7-14(16)8-13/h5-8,10-12,18H,9H2,1-4H3,(H,17,19). The zero-order valence-corrected chi connectivity index (χ0v) is 13.6. The highest BCUT2D eigenvalue weighted by molar-refractivity contribution is 9.10. The van der Waals surface area contributed by atoms with Gasteiger partial charge in [0.1, 0.15) is 0 Å². The maximum atomic E-state index is 11.9. The number of rotatable bonds is 6. The van der Waals surface area contributed by atoms with Crippen molar-refractivity contribution in [3.63, 3.8) is 0 Å². The molecule has 4 heteroatoms. The van der Waals surface area contributed by atoms with Crippen LogP contribution in [0, 0.1) is 5.92 Å². The maximum absolute atomic E-state index is 11.9. The van der Waals surface area contributed by atoms with E-state index in [4.69, 9.17) is 0 Å². The van der Waals surface area contributed by atoms with Crippen LogP contribution in [0.5, 0.6) is 0 Å². The molecule has 0 bridgehead atoms. The smallest absolute Gasteiger partial charge is 0.236 e. The summed E-state index contributed by atoms with van der Waals surface area (Å²) >= 11 is 3.46. The van der Waals surface area contributed by atoms with Gasteiger partial charge in [0, 0.05) is 17.1 Å². The predicted molar refractivity (Wildman–Crippen MR) is 83.0 cm³/mol. The minimum absolute atomic E-state index is 0.0514. The first kappa shape index (κ1) is 16.2. The van der Waals surface area contributed by atoms with Crippen LogP contribution in [0.25, 0.3) is 0 Å². The van der Waals surface area contributed by atoms with Crippen LogP contribution < -0.4 is 10.6 Å². The van der Waals surface area contributed by atoms with Crippen LogP contribution in [0.3, 0.4) is 0 Å². The van der Waals surface area contributed by atoms with Gasteiger partial charge >= 0.3 is 0 Å². The third-order valence-electron chi connectivity index (χ3n) is 2.93. The quantitative estimate of drug-likeness (QED) is 0.842. The molecule has 0 fully saturated rings. The van der Waals surface area contributed by atoms with Gasteiger partial charge in [-0.1, -0.05) is 41.9 Å². The Morgan fingerprint density at radius 3 is 2.53 bits per heavy atom. The average Bonchev–Trinajstić information content (AvgIpc) is 2.35. The summed E-state index contributed by atoms with van der Waals surface area (Å²) in [5.74, 6) is 0.522. The molecule has 0 radical (unpaired) electrons. The zero-order chi connectivity index (χ0) is 14.4. The van der Waals surface area contributed by atoms with Gasteiger partial charge in [0.15, 0.2) is 0 Å². The summed E-state index contributed by atoms with van der Waals surface area (Å²) in [5.41, 5.74) is 1.16. The number of carbonyl (C=O) groups excluding carboxylic acids is 1. The highest BCUT2D eigenvalue weighted by Gasteiger charge is 2.16. The molecule has 0 aliphatic heterocycles. The molecule has 3 nitrogen and oxygen atoms in total. The van der Waals surface area contributed by atoms with E-state index in [1.54, 1.807) is 0 Å². The molecule has 1 aromatic rings. The van der Waals surface area contributed by atoms with E-state index in [0.29, 0.717) is 5.92 Å². The van der Waals surface area contributed by atoms with E-state index >= 15 is 0 Å². The highest BCUT2D eigenvalue weighted by Crippen LogP contribution is 2.18. The molecule has 0 heterocycles. The van der Waals surface area contributed by atoms with Crippen LogP contribution in [0.4, 0.5) is 0 Å². The van der Waals surface area contributed by atoms with Crippen LogP contribution in [0.2, 0.25) is 0 Å². The number of benzene rings is 1. The Bertz CT molecular complexity index is 420. The first-order chi connectivity index (χ1) is 8.90. The average molecular weight is 327 g/mol. The lowest BCUT2D eigenvalue weighted by Gasteiger charge is -2.20. The third-order valence-corrected chi connectivity index (χ3v) is 3.42. The van der Waals surface area contributed by atoms with E-state index in [1.807, 2.05) is 19.1 Å². The van der Waals surface area contributed by atoms with Crippen molar-refractivity contribution in [2.24, 2.45) is 5.92 Å². The predicted octanol–water partition coefficient (Wildman–Crippen LogP) is 3.26. The molecular weight excluding hydrogens is 304 g/mol. The summed E-state index contributed by atoms with van der Waals surface area (Å²) < 4.78 is 1.05. The Labute approximate surface area is 124 Å². The summed E-state index contributed by atoms with van der Waals surface area (Å²) in [6, 6.07) is 8.05. The fourth-order valence-electron chi connectivity index (χ4n) is 1.78. The minimum atomic E-state index is -0.201. The molecule has 0 aliphatic carbocycles. The van der Waals surface area contributed by atoms with Gasteiger partial charge in [-0.15, -0.1) is 0 Å². The summed E-state index contributed by atoms with van der Waals surface area (Å²) in [6.07, 6.45) is 0. The van der Waals surface area contributed by atoms with Crippen LogP contribution in [-0.2, 0) is 4.79 Å². The van der Waals surface area contributed by atoms with Crippen molar-refractivity contribution < 1.29 is 4.79 Å². The normalized spacial score (nSPS) is 14.2. The maximum Gasteiger partial charge on any atom is 0.236 e. The van der Waals surface area contributed by atoms with Gasteiger partial charge in [-0.3, -0.25) is 10.1 Å². The molecule has 0 saturated heterocycles. The number of hydrogen-bond donors (Lipinski definition) is 2. The van der Waals surface area contributed by atoms with Gasteiger partial charge in [0.2, 0.25) is 5.91 Å². The molecule has 1 amide bonds. The van der Waals surface area contributed by atoms with E-state index in [9.17, 15) is 4.79 Å². The Kier molecular flexibility index (Phi) is 6.52. The first-order valence-electron chi connectivity index (χ1n) is 6.69. The van der Waals surface area contributed by atoms with Crippen LogP contribution in [0.1, 0.15) is 39.3 Å². The van der Waals surface area contributed by atoms with Crippen molar-refractivity contribution in [1.29, 1.82) is 0 Å². The summed E-state index contributed by atoms with van der Waals surface area (Å²) in [4.78, 5) is 11.9. The van der Waals surface area contributed by atoms with Crippen LogP contribution >= 0.6 is 15.9 Å². The summed E-state index contributed by atoms with van der Waals surface area (Å²) in [7, 11) is 0. The second-order valence-electron chi connectivity index (χ2n) is 5.30. The zero-order valence-electron chi connectivity index (χ0n) is 12.0. The Morgan fingerprint density at radius 1 is 1.26 bits per heavy atom. The molecular formula is C15H23BrN2O. The molecule has 2 unspecified atom stereocenters. The van der Waals surface area contributed by atoms with Crippen molar-refractivity contribution in [3.05, 3.63) is 34.3 Å². The fourth-order valence-corrected chi connectivity index (χ4v) is 2.20. The number of amides is 1. The summed E-state index contributed by atoms with van der Waals surface area (Å²) in [5, 5.41) is 6.25. The molecule has 2 N–H and O–H groups in total. The third kappa shape index (κ3) is 5.74. The molecule has 0 saturated carbocycles. The van der Waals surface area contributed by atoms with Gasteiger partial charge in [-0.05, 0) is 37.5 Å². The van der Waals surface area contributed by atoms with Crippen LogP contribution in [0.15, 0.2) is 28.7 Å². The van der Waals surface area contributed by atoms with Gasteiger partial charge in [0.05, 0.1) is 6.04 Å². The molecule has 0 aliphatic rings. The highest BCUT2D eigenvalue weighted by atomic mass is 79.9. The fraction of sp³-hybridized carbons (Fsp3) is 0.533. The molecule has 1 aromatic carbocycles. The lowest BCUT2D eigenvalue weighted by Crippen LogP contribution is -2.44. The van der Waals surface area contributed by atoms with Crippen molar-refractivity contribution >= 4 is 21.8 Å². The molecule has 106 valence electrons. The molecule has 2 atom stereocenters. The lowest BCUT2D eigenvalue weighted by molar-refractivity contribution is -0.123. The van der Waals surface area contributed by atoms with E-state index in [-0.39, 0.29) is 18.0 Å². The van der Waals surface area contributed by atoms with Gasteiger partial charge in [-0.25, -0.2) is 0 Å². The van der Waals surface area contributed by atoms with Crippen LogP contribution in [-0.4, -0.2) is 18.5 Å². The van der Waals surface area contributed by atoms with Crippen molar-refractivity contribution in [2.75, 3.05) is 6.54 Å². The lowest BCUT2D eigenvalue weighted by atomic mass is 10.1. The number of halogens is 1. The van der Waals surface area contributed by atoms with Gasteiger partial charge in [0.25, 0.3) is 0 Å². The monoisotopic (exact) mass is 326 g/mol. The van der Waals surface area contributed by atoms with E-state index in [2.05, 4.69) is 59.5 Å². The molecule has 1 rings (SSSR count). The van der Waals surface area contributed by atoms with E-state index in [1.165, 1.54) is 0 Å².